The van der Waals surface area contributed by atoms with Gasteiger partial charge < -0.3 is 14.5 Å². The number of benzene rings is 1. The number of anilines is 1. The zero-order valence-electron chi connectivity index (χ0n) is 17.4. The van der Waals surface area contributed by atoms with Gasteiger partial charge in [-0.25, -0.2) is 0 Å². The van der Waals surface area contributed by atoms with E-state index in [1.54, 1.807) is 6.92 Å². The molecular weight excluding hydrogens is 407 g/mol. The minimum absolute atomic E-state index is 0.0312. The Morgan fingerprint density at radius 1 is 1.16 bits per heavy atom. The van der Waals surface area contributed by atoms with Crippen LogP contribution in [0.15, 0.2) is 48.8 Å². The number of para-hydroxylation sites is 1. The monoisotopic (exact) mass is 433 g/mol. The zero-order valence-corrected chi connectivity index (χ0v) is 17.4. The smallest absolute Gasteiger partial charge is 0.360 e. The molecular formula is C23H26F3N3O2. The van der Waals surface area contributed by atoms with E-state index >= 15 is 0 Å². The number of pyridine rings is 1. The maximum absolute atomic E-state index is 12.9. The van der Waals surface area contributed by atoms with Crippen LogP contribution < -0.4 is 4.90 Å². The number of carbonyl (C=O) groups is 1. The number of hydrogen-bond donors (Lipinski definition) is 0. The zero-order chi connectivity index (χ0) is 22.1. The summed E-state index contributed by atoms with van der Waals surface area (Å²) < 4.78 is 44.8. The molecule has 1 atom stereocenters. The maximum atomic E-state index is 12.9. The van der Waals surface area contributed by atoms with Gasteiger partial charge in [-0.1, -0.05) is 18.2 Å². The van der Waals surface area contributed by atoms with Crippen LogP contribution in [0.4, 0.5) is 18.9 Å². The molecule has 1 unspecified atom stereocenters. The lowest BCUT2D eigenvalue weighted by atomic mass is 9.88. The average molecular weight is 433 g/mol. The molecule has 2 fully saturated rings. The lowest BCUT2D eigenvalue weighted by Gasteiger charge is -2.49. The summed E-state index contributed by atoms with van der Waals surface area (Å²) in [5.74, 6) is -0.0312. The second-order valence-electron chi connectivity index (χ2n) is 8.37. The third-order valence-corrected chi connectivity index (χ3v) is 6.16. The van der Waals surface area contributed by atoms with E-state index < -0.39 is 23.4 Å². The molecule has 2 aliphatic heterocycles. The van der Waals surface area contributed by atoms with Gasteiger partial charge in [0.05, 0.1) is 17.7 Å². The number of piperidine rings is 1. The molecule has 0 bridgehead atoms. The number of ether oxygens (including phenoxy) is 1. The van der Waals surface area contributed by atoms with Crippen LogP contribution in [-0.2, 0) is 22.1 Å². The van der Waals surface area contributed by atoms with E-state index in [4.69, 9.17) is 4.74 Å². The van der Waals surface area contributed by atoms with Crippen LogP contribution in [0.3, 0.4) is 0 Å². The second-order valence-corrected chi connectivity index (χ2v) is 8.37. The molecule has 4 rings (SSSR count). The van der Waals surface area contributed by atoms with Crippen molar-refractivity contribution in [3.8, 4) is 0 Å². The molecule has 2 aliphatic rings. The Morgan fingerprint density at radius 2 is 1.87 bits per heavy atom. The summed E-state index contributed by atoms with van der Waals surface area (Å²) in [6, 6.07) is 10.8. The highest BCUT2D eigenvalue weighted by atomic mass is 19.4. The summed E-state index contributed by atoms with van der Waals surface area (Å²) in [7, 11) is 0. The van der Waals surface area contributed by atoms with Gasteiger partial charge in [0.15, 0.2) is 0 Å². The molecule has 0 N–H and O–H groups in total. The van der Waals surface area contributed by atoms with E-state index in [-0.39, 0.29) is 5.91 Å². The van der Waals surface area contributed by atoms with Crippen LogP contribution in [0.25, 0.3) is 0 Å². The molecule has 1 aromatic carbocycles. The van der Waals surface area contributed by atoms with E-state index in [0.29, 0.717) is 25.1 Å². The van der Waals surface area contributed by atoms with Crippen molar-refractivity contribution in [2.45, 2.75) is 44.1 Å². The standard InChI is InChI=1S/C23H26F3N3O2/c1-17-21(30)29(20-5-3-2-4-6-20)16-22(31-17)8-11-28(12-9-22)10-7-18-13-19(15-27-14-18)23(24,25)26/h2-6,13-15,17H,7-12,16H2,1H3. The van der Waals surface area contributed by atoms with Crippen LogP contribution in [0.2, 0.25) is 0 Å². The van der Waals surface area contributed by atoms with Gasteiger partial charge in [0.25, 0.3) is 5.91 Å². The molecule has 0 radical (unpaired) electrons. The third-order valence-electron chi connectivity index (χ3n) is 6.16. The van der Waals surface area contributed by atoms with Gasteiger partial charge in [-0.15, -0.1) is 0 Å². The van der Waals surface area contributed by atoms with Crippen LogP contribution in [0, 0.1) is 0 Å². The van der Waals surface area contributed by atoms with Crippen LogP contribution in [0.1, 0.15) is 30.9 Å². The molecule has 0 aliphatic carbocycles. The Labute approximate surface area is 179 Å². The minimum atomic E-state index is -4.38. The lowest BCUT2D eigenvalue weighted by molar-refractivity contribution is -0.161. The molecule has 0 saturated carbocycles. The second kappa shape index (κ2) is 8.59. The molecule has 1 aromatic heterocycles. The van der Waals surface area contributed by atoms with Gasteiger partial charge >= 0.3 is 6.18 Å². The topological polar surface area (TPSA) is 45.7 Å². The van der Waals surface area contributed by atoms with E-state index in [1.165, 1.54) is 12.3 Å². The van der Waals surface area contributed by atoms with Crippen molar-refractivity contribution in [3.05, 3.63) is 59.9 Å². The van der Waals surface area contributed by atoms with Crippen molar-refractivity contribution in [2.24, 2.45) is 0 Å². The highest BCUT2D eigenvalue weighted by Crippen LogP contribution is 2.35. The first-order valence-electron chi connectivity index (χ1n) is 10.5. The summed E-state index contributed by atoms with van der Waals surface area (Å²) in [5.41, 5.74) is 0.357. The van der Waals surface area contributed by atoms with Crippen LogP contribution in [-0.4, -0.2) is 53.7 Å². The van der Waals surface area contributed by atoms with Crippen LogP contribution >= 0.6 is 0 Å². The first-order chi connectivity index (χ1) is 14.8. The lowest BCUT2D eigenvalue weighted by Crippen LogP contribution is -2.61. The van der Waals surface area contributed by atoms with Crippen molar-refractivity contribution >= 4 is 11.6 Å². The molecule has 5 nitrogen and oxygen atoms in total. The van der Waals surface area contributed by atoms with Gasteiger partial charge in [0.2, 0.25) is 0 Å². The number of hydrogen-bond acceptors (Lipinski definition) is 4. The van der Waals surface area contributed by atoms with Crippen molar-refractivity contribution in [2.75, 3.05) is 31.1 Å². The fraction of sp³-hybridized carbons (Fsp3) is 0.478. The SMILES string of the molecule is CC1OC2(CCN(CCc3cncc(C(F)(F)F)c3)CC2)CN(c2ccccc2)C1=O. The molecule has 2 saturated heterocycles. The van der Waals surface area contributed by atoms with Gasteiger partial charge in [0, 0.05) is 37.7 Å². The predicted octanol–water partition coefficient (Wildman–Crippen LogP) is 3.93. The Hall–Kier alpha value is -2.45. The number of aromatic nitrogens is 1. The highest BCUT2D eigenvalue weighted by Gasteiger charge is 2.45. The molecule has 31 heavy (non-hydrogen) atoms. The normalized spacial score (nSPS) is 22.1. The van der Waals surface area contributed by atoms with E-state index in [0.717, 1.165) is 37.8 Å². The Kier molecular flexibility index (Phi) is 6.03. The number of halogens is 3. The number of alkyl halides is 3. The maximum Gasteiger partial charge on any atom is 0.417 e. The van der Waals surface area contributed by atoms with Crippen molar-refractivity contribution < 1.29 is 22.7 Å². The summed E-state index contributed by atoms with van der Waals surface area (Å²) in [4.78, 5) is 20.5. The molecule has 1 amide bonds. The molecule has 166 valence electrons. The molecule has 8 heteroatoms. The van der Waals surface area contributed by atoms with Crippen LogP contribution in [0.5, 0.6) is 0 Å². The van der Waals surface area contributed by atoms with Crippen molar-refractivity contribution in [1.29, 1.82) is 0 Å². The van der Waals surface area contributed by atoms with E-state index in [2.05, 4.69) is 9.88 Å². The average Bonchev–Trinajstić information content (AvgIpc) is 2.76. The highest BCUT2D eigenvalue weighted by molar-refractivity contribution is 5.97. The summed E-state index contributed by atoms with van der Waals surface area (Å²) in [6.45, 7) is 4.53. The van der Waals surface area contributed by atoms with E-state index in [9.17, 15) is 18.0 Å². The summed E-state index contributed by atoms with van der Waals surface area (Å²) in [5, 5.41) is 0. The van der Waals surface area contributed by atoms with Gasteiger partial charge in [-0.3, -0.25) is 9.78 Å². The number of rotatable bonds is 4. The number of likely N-dealkylation sites (tertiary alicyclic amines) is 1. The Balaban J connectivity index is 1.36. The quantitative estimate of drug-likeness (QED) is 0.733. The minimum Gasteiger partial charge on any atom is -0.360 e. The number of carbonyl (C=O) groups excluding carboxylic acids is 1. The number of nitrogens with zero attached hydrogens (tertiary/aromatic N) is 3. The first kappa shape index (κ1) is 21.8. The van der Waals surface area contributed by atoms with Gasteiger partial charge in [-0.05, 0) is 49.9 Å². The first-order valence-corrected chi connectivity index (χ1v) is 10.5. The van der Waals surface area contributed by atoms with Gasteiger partial charge in [-0.2, -0.15) is 13.2 Å². The van der Waals surface area contributed by atoms with Crippen molar-refractivity contribution in [3.63, 3.8) is 0 Å². The van der Waals surface area contributed by atoms with E-state index in [1.807, 2.05) is 35.2 Å². The Bertz CT molecular complexity index is 912. The summed E-state index contributed by atoms with van der Waals surface area (Å²) in [6.07, 6.45) is -0.473. The fourth-order valence-corrected chi connectivity index (χ4v) is 4.40. The molecule has 2 aromatic rings. The number of morpholine rings is 1. The number of amides is 1. The summed E-state index contributed by atoms with van der Waals surface area (Å²) >= 11 is 0. The van der Waals surface area contributed by atoms with Gasteiger partial charge in [0.1, 0.15) is 6.10 Å². The molecule has 3 heterocycles. The largest absolute Gasteiger partial charge is 0.417 e. The van der Waals surface area contributed by atoms with Crippen molar-refractivity contribution in [1.82, 2.24) is 9.88 Å². The fourth-order valence-electron chi connectivity index (χ4n) is 4.40. The Morgan fingerprint density at radius 3 is 2.55 bits per heavy atom. The predicted molar refractivity (Wildman–Crippen MR) is 111 cm³/mol. The third kappa shape index (κ3) is 4.91. The molecule has 1 spiro atoms.